The molecule has 0 heterocycles. The summed E-state index contributed by atoms with van der Waals surface area (Å²) in [6.07, 6.45) is 0. The van der Waals surface area contributed by atoms with Gasteiger partial charge in [-0.25, -0.2) is 4.79 Å². The summed E-state index contributed by atoms with van der Waals surface area (Å²) < 4.78 is 2.69. The van der Waals surface area contributed by atoms with Crippen molar-refractivity contribution in [3.05, 3.63) is 28.8 Å². The lowest BCUT2D eigenvalue weighted by atomic mass is 10.2. The lowest BCUT2D eigenvalue weighted by Crippen LogP contribution is -2.24. The largest absolute Gasteiger partial charge is 0.422 e. The summed E-state index contributed by atoms with van der Waals surface area (Å²) in [5.41, 5.74) is 0.939. The van der Waals surface area contributed by atoms with Gasteiger partial charge in [0.15, 0.2) is 0 Å². The van der Waals surface area contributed by atoms with E-state index in [4.69, 9.17) is 51.1 Å². The summed E-state index contributed by atoms with van der Waals surface area (Å²) in [5, 5.41) is 0.289. The number of esters is 1. The molecule has 0 aliphatic carbocycles. The fourth-order valence-corrected chi connectivity index (χ4v) is 1.24. The molecule has 0 aliphatic rings. The van der Waals surface area contributed by atoms with Crippen molar-refractivity contribution in [1.82, 2.24) is 0 Å². The third-order valence-electron chi connectivity index (χ3n) is 1.52. The quantitative estimate of drug-likeness (QED) is 0.444. The molecule has 1 aromatic rings. The van der Waals surface area contributed by atoms with Gasteiger partial charge in [-0.15, -0.1) is 0 Å². The third-order valence-corrected chi connectivity index (χ3v) is 2.28. The highest BCUT2D eigenvalue weighted by Crippen LogP contribution is 2.31. The van der Waals surface area contributed by atoms with Crippen LogP contribution in [0.3, 0.4) is 0 Å². The van der Waals surface area contributed by atoms with Gasteiger partial charge in [0, 0.05) is 0 Å². The van der Waals surface area contributed by atoms with E-state index in [1.165, 1.54) is 6.07 Å². The molecule has 0 fully saturated rings. The molecule has 0 aliphatic heterocycles. The molecule has 0 aromatic heterocycles. The van der Waals surface area contributed by atoms with E-state index in [0.29, 0.717) is 0 Å². The first-order valence-electron chi connectivity index (χ1n) is 3.86. The van der Waals surface area contributed by atoms with Crippen LogP contribution in [-0.4, -0.2) is 9.76 Å². The molecule has 0 unspecified atom stereocenters. The zero-order valence-corrected chi connectivity index (χ0v) is 10.6. The zero-order chi connectivity index (χ0) is 11.6. The van der Waals surface area contributed by atoms with Gasteiger partial charge < -0.3 is 4.74 Å². The maximum Gasteiger partial charge on any atom is 0.363 e. The van der Waals surface area contributed by atoms with E-state index < -0.39 is 9.76 Å². The second kappa shape index (κ2) is 4.79. The van der Waals surface area contributed by atoms with E-state index in [2.05, 4.69) is 0 Å². The van der Waals surface area contributed by atoms with Crippen molar-refractivity contribution in [1.29, 1.82) is 0 Å². The first-order valence-corrected chi connectivity index (χ1v) is 5.37. The molecule has 2 nitrogen and oxygen atoms in total. The monoisotopic (exact) mass is 286 g/mol. The van der Waals surface area contributed by atoms with Gasteiger partial charge in [0.05, 0.1) is 5.02 Å². The minimum atomic E-state index is -2.10. The number of rotatable bonds is 1. The summed E-state index contributed by atoms with van der Waals surface area (Å²) in [6, 6.07) is 4.90. The van der Waals surface area contributed by atoms with E-state index in [-0.39, 0.29) is 10.8 Å². The molecule has 82 valence electrons. The summed E-state index contributed by atoms with van der Waals surface area (Å²) >= 11 is 21.8. The highest BCUT2D eigenvalue weighted by Gasteiger charge is 2.33. The Morgan fingerprint density at radius 1 is 1.33 bits per heavy atom. The second-order valence-electron chi connectivity index (χ2n) is 2.82. The number of carbonyl (C=O) groups excluding carboxylic acids is 1. The highest BCUT2D eigenvalue weighted by molar-refractivity contribution is 6.75. The Bertz CT molecular complexity index is 384. The smallest absolute Gasteiger partial charge is 0.363 e. The molecule has 1 aromatic carbocycles. The molecule has 1 rings (SSSR count). The summed E-state index contributed by atoms with van der Waals surface area (Å²) in [6.45, 7) is 1.85. The number of hydrogen-bond donors (Lipinski definition) is 0. The van der Waals surface area contributed by atoms with Gasteiger partial charge in [-0.2, -0.15) is 0 Å². The summed E-state index contributed by atoms with van der Waals surface area (Å²) in [4.78, 5) is 11.2. The Hall–Kier alpha value is -0.150. The number of benzene rings is 1. The molecular formula is C9H6Cl4O2. The average molecular weight is 288 g/mol. The molecular weight excluding hydrogens is 282 g/mol. The van der Waals surface area contributed by atoms with Crippen LogP contribution in [-0.2, 0) is 4.79 Å². The van der Waals surface area contributed by atoms with Crippen LogP contribution < -0.4 is 4.74 Å². The molecule has 0 atom stereocenters. The fourth-order valence-electron chi connectivity index (χ4n) is 0.846. The van der Waals surface area contributed by atoms with Crippen LogP contribution in [0.1, 0.15) is 5.56 Å². The molecule has 0 N–H and O–H groups in total. The van der Waals surface area contributed by atoms with Crippen molar-refractivity contribution in [2.75, 3.05) is 0 Å². The van der Waals surface area contributed by atoms with Crippen molar-refractivity contribution >= 4 is 52.4 Å². The molecule has 0 saturated carbocycles. The lowest BCUT2D eigenvalue weighted by molar-refractivity contribution is -0.133. The number of hydrogen-bond acceptors (Lipinski definition) is 2. The van der Waals surface area contributed by atoms with E-state index in [0.717, 1.165) is 5.56 Å². The highest BCUT2D eigenvalue weighted by atomic mass is 35.6. The molecule has 15 heavy (non-hydrogen) atoms. The van der Waals surface area contributed by atoms with Gasteiger partial charge in [-0.1, -0.05) is 52.5 Å². The Labute approximate surface area is 107 Å². The second-order valence-corrected chi connectivity index (χ2v) is 5.51. The molecule has 6 heteroatoms. The SMILES string of the molecule is Cc1ccc(OC(=O)C(Cl)(Cl)Cl)c(Cl)c1. The van der Waals surface area contributed by atoms with Crippen LogP contribution in [0.5, 0.6) is 5.75 Å². The van der Waals surface area contributed by atoms with Gasteiger partial charge in [0.25, 0.3) is 3.79 Å². The van der Waals surface area contributed by atoms with Crippen LogP contribution in [0.4, 0.5) is 0 Å². The Morgan fingerprint density at radius 2 is 1.93 bits per heavy atom. The first kappa shape index (κ1) is 12.9. The molecule has 0 spiro atoms. The van der Waals surface area contributed by atoms with E-state index in [9.17, 15) is 4.79 Å². The number of ether oxygens (including phenoxy) is 1. The van der Waals surface area contributed by atoms with Crippen LogP contribution >= 0.6 is 46.4 Å². The van der Waals surface area contributed by atoms with Gasteiger partial charge in [0.1, 0.15) is 5.75 Å². The summed E-state index contributed by atoms with van der Waals surface area (Å²) in [5.74, 6) is -0.822. The molecule has 0 bridgehead atoms. The number of alkyl halides is 3. The third kappa shape index (κ3) is 3.72. The average Bonchev–Trinajstić information content (AvgIpc) is 2.08. The number of aryl methyl sites for hydroxylation is 1. The van der Waals surface area contributed by atoms with Crippen LogP contribution in [0.15, 0.2) is 18.2 Å². The van der Waals surface area contributed by atoms with Gasteiger partial charge in [0.2, 0.25) is 0 Å². The van der Waals surface area contributed by atoms with Gasteiger partial charge in [-0.3, -0.25) is 0 Å². The summed E-state index contributed by atoms with van der Waals surface area (Å²) in [7, 11) is 0. The first-order chi connectivity index (χ1) is 6.80. The van der Waals surface area contributed by atoms with Gasteiger partial charge >= 0.3 is 5.97 Å². The van der Waals surface area contributed by atoms with Crippen molar-refractivity contribution < 1.29 is 9.53 Å². The molecule has 0 amide bonds. The fraction of sp³-hybridized carbons (Fsp3) is 0.222. The van der Waals surface area contributed by atoms with Crippen molar-refractivity contribution in [3.63, 3.8) is 0 Å². The van der Waals surface area contributed by atoms with Gasteiger partial charge in [-0.05, 0) is 24.6 Å². The maximum atomic E-state index is 11.2. The zero-order valence-electron chi connectivity index (χ0n) is 7.56. The predicted octanol–water partition coefficient (Wildman–Crippen LogP) is 3.92. The Morgan fingerprint density at radius 3 is 2.40 bits per heavy atom. The maximum absolute atomic E-state index is 11.2. The van der Waals surface area contributed by atoms with E-state index in [1.54, 1.807) is 12.1 Å². The standard InChI is InChI=1S/C9H6Cl4O2/c1-5-2-3-7(6(10)4-5)15-8(14)9(11,12)13/h2-4H,1H3. The molecule has 0 radical (unpaired) electrons. The Kier molecular flexibility index (Phi) is 4.13. The molecule has 0 saturated heterocycles. The van der Waals surface area contributed by atoms with Crippen LogP contribution in [0.25, 0.3) is 0 Å². The van der Waals surface area contributed by atoms with E-state index in [1.807, 2.05) is 6.92 Å². The van der Waals surface area contributed by atoms with Crippen molar-refractivity contribution in [2.24, 2.45) is 0 Å². The Balaban J connectivity index is 2.87. The van der Waals surface area contributed by atoms with Crippen molar-refractivity contribution in [3.8, 4) is 5.75 Å². The van der Waals surface area contributed by atoms with Crippen LogP contribution in [0.2, 0.25) is 5.02 Å². The topological polar surface area (TPSA) is 26.3 Å². The number of carbonyl (C=O) groups is 1. The minimum absolute atomic E-state index is 0.165. The number of halogens is 4. The van der Waals surface area contributed by atoms with Crippen molar-refractivity contribution in [2.45, 2.75) is 10.7 Å². The van der Waals surface area contributed by atoms with E-state index >= 15 is 0 Å². The normalized spacial score (nSPS) is 11.3. The van der Waals surface area contributed by atoms with Crippen LogP contribution in [0, 0.1) is 6.92 Å². The predicted molar refractivity (Wildman–Crippen MR) is 62.1 cm³/mol. The minimum Gasteiger partial charge on any atom is -0.422 e. The lowest BCUT2D eigenvalue weighted by Gasteiger charge is -2.11.